The molecule has 1 amide bonds. The zero-order valence-corrected chi connectivity index (χ0v) is 11.2. The van der Waals surface area contributed by atoms with Crippen molar-refractivity contribution in [2.45, 2.75) is 26.8 Å². The predicted octanol–water partition coefficient (Wildman–Crippen LogP) is 0.521. The molecule has 0 aliphatic carbocycles. The van der Waals surface area contributed by atoms with Crippen LogP contribution in [0.1, 0.15) is 25.1 Å². The molecule has 0 radical (unpaired) electrons. The van der Waals surface area contributed by atoms with Crippen molar-refractivity contribution in [2.24, 2.45) is 18.7 Å². The standard InChI is InChI=1S/C11H18N4OS/c1-4-9-8(6-15(3)14-9)5-13-11(16)7(2)10(12)17/h6-7H,4-5H2,1-3H3,(H2,12,17)(H,13,16). The normalized spacial score (nSPS) is 12.2. The number of rotatable bonds is 5. The molecule has 1 aromatic heterocycles. The fraction of sp³-hybridized carbons (Fsp3) is 0.545. The van der Waals surface area contributed by atoms with Gasteiger partial charge in [0.15, 0.2) is 0 Å². The van der Waals surface area contributed by atoms with E-state index in [2.05, 4.69) is 10.4 Å². The maximum absolute atomic E-state index is 11.7. The van der Waals surface area contributed by atoms with E-state index in [9.17, 15) is 4.79 Å². The lowest BCUT2D eigenvalue weighted by Gasteiger charge is -2.10. The molecule has 1 unspecified atom stereocenters. The van der Waals surface area contributed by atoms with E-state index < -0.39 is 5.92 Å². The second-order valence-electron chi connectivity index (χ2n) is 3.97. The van der Waals surface area contributed by atoms with Crippen molar-refractivity contribution in [2.75, 3.05) is 0 Å². The van der Waals surface area contributed by atoms with Crippen molar-refractivity contribution < 1.29 is 4.79 Å². The summed E-state index contributed by atoms with van der Waals surface area (Å²) < 4.78 is 1.75. The highest BCUT2D eigenvalue weighted by Gasteiger charge is 2.15. The number of nitrogens with one attached hydrogen (secondary N) is 1. The number of aromatic nitrogens is 2. The number of amides is 1. The second kappa shape index (κ2) is 5.77. The second-order valence-corrected chi connectivity index (χ2v) is 4.44. The van der Waals surface area contributed by atoms with Crippen LogP contribution in [0.3, 0.4) is 0 Å². The molecular weight excluding hydrogens is 236 g/mol. The molecule has 0 bridgehead atoms. The molecule has 0 saturated carbocycles. The lowest BCUT2D eigenvalue weighted by molar-refractivity contribution is -0.122. The Labute approximate surface area is 106 Å². The maximum Gasteiger partial charge on any atom is 0.229 e. The minimum atomic E-state index is -0.438. The van der Waals surface area contributed by atoms with Crippen molar-refractivity contribution in [3.05, 3.63) is 17.5 Å². The van der Waals surface area contributed by atoms with Gasteiger partial charge in [-0.25, -0.2) is 0 Å². The molecule has 0 aliphatic rings. The Morgan fingerprint density at radius 3 is 2.88 bits per heavy atom. The van der Waals surface area contributed by atoms with Crippen molar-refractivity contribution in [3.63, 3.8) is 0 Å². The first-order chi connectivity index (χ1) is 7.95. The summed E-state index contributed by atoms with van der Waals surface area (Å²) in [6, 6.07) is 0. The molecule has 0 fully saturated rings. The molecule has 1 atom stereocenters. The molecule has 17 heavy (non-hydrogen) atoms. The van der Waals surface area contributed by atoms with E-state index in [4.69, 9.17) is 18.0 Å². The lowest BCUT2D eigenvalue weighted by Crippen LogP contribution is -2.35. The van der Waals surface area contributed by atoms with Crippen LogP contribution in [0, 0.1) is 5.92 Å². The number of nitrogens with two attached hydrogens (primary N) is 1. The Kier molecular flexibility index (Phi) is 4.62. The Bertz CT molecular complexity index is 427. The number of nitrogens with zero attached hydrogens (tertiary/aromatic N) is 2. The first-order valence-electron chi connectivity index (χ1n) is 5.54. The molecule has 3 N–H and O–H groups in total. The van der Waals surface area contributed by atoms with E-state index in [0.717, 1.165) is 17.7 Å². The van der Waals surface area contributed by atoms with Gasteiger partial charge >= 0.3 is 0 Å². The fourth-order valence-corrected chi connectivity index (χ4v) is 1.60. The van der Waals surface area contributed by atoms with E-state index in [1.165, 1.54) is 0 Å². The summed E-state index contributed by atoms with van der Waals surface area (Å²) in [4.78, 5) is 11.9. The van der Waals surface area contributed by atoms with Gasteiger partial charge in [0.1, 0.15) is 0 Å². The fourth-order valence-electron chi connectivity index (χ4n) is 1.49. The van der Waals surface area contributed by atoms with Gasteiger partial charge in [-0.3, -0.25) is 9.48 Å². The van der Waals surface area contributed by atoms with Crippen LogP contribution < -0.4 is 11.1 Å². The number of hydrogen-bond acceptors (Lipinski definition) is 3. The van der Waals surface area contributed by atoms with Gasteiger partial charge in [-0.05, 0) is 13.3 Å². The molecule has 1 rings (SSSR count). The summed E-state index contributed by atoms with van der Waals surface area (Å²) in [5, 5.41) is 7.11. The summed E-state index contributed by atoms with van der Waals surface area (Å²) >= 11 is 4.78. The summed E-state index contributed by atoms with van der Waals surface area (Å²) in [7, 11) is 1.86. The Balaban J connectivity index is 2.61. The predicted molar refractivity (Wildman–Crippen MR) is 70.4 cm³/mol. The molecule has 0 aliphatic heterocycles. The molecule has 5 nitrogen and oxygen atoms in total. The molecule has 1 heterocycles. The highest BCUT2D eigenvalue weighted by molar-refractivity contribution is 7.80. The van der Waals surface area contributed by atoms with Crippen LogP contribution in [0.5, 0.6) is 0 Å². The van der Waals surface area contributed by atoms with Gasteiger partial charge in [-0.15, -0.1) is 0 Å². The SMILES string of the molecule is CCc1nn(C)cc1CNC(=O)C(C)C(N)=S. The maximum atomic E-state index is 11.7. The van der Waals surface area contributed by atoms with Crippen LogP contribution in [-0.4, -0.2) is 20.7 Å². The minimum Gasteiger partial charge on any atom is -0.393 e. The molecule has 0 saturated heterocycles. The molecule has 1 aromatic rings. The number of carbonyl (C=O) groups excluding carboxylic acids is 1. The number of hydrogen-bond donors (Lipinski definition) is 2. The van der Waals surface area contributed by atoms with E-state index in [-0.39, 0.29) is 10.9 Å². The number of thiocarbonyl (C=S) groups is 1. The Morgan fingerprint density at radius 1 is 1.71 bits per heavy atom. The smallest absolute Gasteiger partial charge is 0.229 e. The van der Waals surface area contributed by atoms with Gasteiger partial charge in [0.05, 0.1) is 16.6 Å². The summed E-state index contributed by atoms with van der Waals surface area (Å²) in [6.45, 7) is 4.19. The average molecular weight is 254 g/mol. The first kappa shape index (κ1) is 13.6. The molecule has 0 aromatic carbocycles. The third kappa shape index (κ3) is 3.52. The zero-order valence-electron chi connectivity index (χ0n) is 10.4. The van der Waals surface area contributed by atoms with Crippen molar-refractivity contribution >= 4 is 23.1 Å². The van der Waals surface area contributed by atoms with Gasteiger partial charge < -0.3 is 11.1 Å². The Hall–Kier alpha value is -1.43. The topological polar surface area (TPSA) is 72.9 Å². The average Bonchev–Trinajstić information content (AvgIpc) is 2.65. The van der Waals surface area contributed by atoms with Crippen molar-refractivity contribution in [3.8, 4) is 0 Å². The van der Waals surface area contributed by atoms with E-state index in [1.54, 1.807) is 11.6 Å². The molecular formula is C11H18N4OS. The first-order valence-corrected chi connectivity index (χ1v) is 5.95. The highest BCUT2D eigenvalue weighted by atomic mass is 32.1. The number of aryl methyl sites for hydroxylation is 2. The molecule has 0 spiro atoms. The van der Waals surface area contributed by atoms with Crippen LogP contribution in [-0.2, 0) is 24.8 Å². The quantitative estimate of drug-likeness (QED) is 0.751. The summed E-state index contributed by atoms with van der Waals surface area (Å²) in [5.41, 5.74) is 7.44. The van der Waals surface area contributed by atoms with E-state index >= 15 is 0 Å². The molecule has 6 heteroatoms. The monoisotopic (exact) mass is 254 g/mol. The third-order valence-electron chi connectivity index (χ3n) is 2.60. The van der Waals surface area contributed by atoms with E-state index in [0.29, 0.717) is 6.54 Å². The van der Waals surface area contributed by atoms with Crippen molar-refractivity contribution in [1.29, 1.82) is 0 Å². The Morgan fingerprint density at radius 2 is 2.35 bits per heavy atom. The van der Waals surface area contributed by atoms with Gasteiger partial charge in [0.25, 0.3) is 0 Å². The van der Waals surface area contributed by atoms with Crippen LogP contribution in [0.4, 0.5) is 0 Å². The minimum absolute atomic E-state index is 0.150. The van der Waals surface area contributed by atoms with Gasteiger partial charge in [0.2, 0.25) is 5.91 Å². The lowest BCUT2D eigenvalue weighted by atomic mass is 10.1. The number of carbonyl (C=O) groups is 1. The van der Waals surface area contributed by atoms with E-state index in [1.807, 2.05) is 20.2 Å². The van der Waals surface area contributed by atoms with Crippen LogP contribution >= 0.6 is 12.2 Å². The van der Waals surface area contributed by atoms with Gasteiger partial charge in [-0.2, -0.15) is 5.10 Å². The summed E-state index contributed by atoms with van der Waals surface area (Å²) in [5.74, 6) is -0.588. The van der Waals surface area contributed by atoms with Crippen LogP contribution in [0.2, 0.25) is 0 Å². The zero-order chi connectivity index (χ0) is 13.0. The largest absolute Gasteiger partial charge is 0.393 e. The molecule has 94 valence electrons. The highest BCUT2D eigenvalue weighted by Crippen LogP contribution is 2.07. The third-order valence-corrected chi connectivity index (χ3v) is 2.95. The van der Waals surface area contributed by atoms with Gasteiger partial charge in [0, 0.05) is 25.4 Å². The summed E-state index contributed by atoms with van der Waals surface area (Å²) in [6.07, 6.45) is 2.75. The van der Waals surface area contributed by atoms with Gasteiger partial charge in [-0.1, -0.05) is 19.1 Å². The van der Waals surface area contributed by atoms with Crippen molar-refractivity contribution in [1.82, 2.24) is 15.1 Å². The van der Waals surface area contributed by atoms with Crippen LogP contribution in [0.25, 0.3) is 0 Å². The van der Waals surface area contributed by atoms with Crippen LogP contribution in [0.15, 0.2) is 6.20 Å².